The van der Waals surface area contributed by atoms with Crippen LogP contribution in [0.25, 0.3) is 0 Å². The third-order valence-corrected chi connectivity index (χ3v) is 3.91. The zero-order valence-electron chi connectivity index (χ0n) is 11.5. The molecule has 5 heteroatoms. The van der Waals surface area contributed by atoms with E-state index in [9.17, 15) is 0 Å². The Bertz CT molecular complexity index is 589. The van der Waals surface area contributed by atoms with E-state index in [1.807, 2.05) is 12.1 Å². The quantitative estimate of drug-likeness (QED) is 0.766. The molecule has 0 bridgehead atoms. The molecule has 1 aromatic heterocycles. The monoisotopic (exact) mass is 353 g/mol. The molecule has 0 fully saturated rings. The van der Waals surface area contributed by atoms with Crippen LogP contribution in [0.3, 0.4) is 0 Å². The van der Waals surface area contributed by atoms with Gasteiger partial charge in [-0.2, -0.15) is 0 Å². The maximum atomic E-state index is 6.16. The Labute approximate surface area is 132 Å². The van der Waals surface area contributed by atoms with Crippen molar-refractivity contribution in [1.82, 2.24) is 9.97 Å². The first-order valence-corrected chi connectivity index (χ1v) is 7.80. The van der Waals surface area contributed by atoms with Crippen molar-refractivity contribution in [2.45, 2.75) is 32.7 Å². The first kappa shape index (κ1) is 15.3. The number of halogens is 2. The van der Waals surface area contributed by atoms with Gasteiger partial charge in [0.15, 0.2) is 0 Å². The summed E-state index contributed by atoms with van der Waals surface area (Å²) < 4.78 is 1.07. The van der Waals surface area contributed by atoms with Gasteiger partial charge in [-0.3, -0.25) is 0 Å². The van der Waals surface area contributed by atoms with Gasteiger partial charge in [-0.25, -0.2) is 9.97 Å². The molecular weight excluding hydrogens is 338 g/mol. The van der Waals surface area contributed by atoms with Crippen LogP contribution in [-0.4, -0.2) is 9.97 Å². The third-order valence-electron chi connectivity index (χ3n) is 3.09. The summed E-state index contributed by atoms with van der Waals surface area (Å²) in [6.07, 6.45) is 3.37. The molecule has 0 aliphatic heterocycles. The number of benzene rings is 1. The number of anilines is 1. The zero-order valence-corrected chi connectivity index (χ0v) is 13.9. The fourth-order valence-corrected chi connectivity index (χ4v) is 2.70. The standard InChI is InChI=1S/C15H17BrClN3/c1-3-5-13-14(17)18-9-19-15(13)20-10(2)11-6-4-7-12(16)8-11/h4,6-10H,3,5H2,1-2H3,(H,18,19,20). The summed E-state index contributed by atoms with van der Waals surface area (Å²) in [6.45, 7) is 4.22. The Hall–Kier alpha value is -1.13. The molecule has 0 spiro atoms. The second kappa shape index (κ2) is 7.04. The molecule has 2 aromatic rings. The van der Waals surface area contributed by atoms with Crippen LogP contribution in [-0.2, 0) is 6.42 Å². The molecule has 2 rings (SSSR count). The van der Waals surface area contributed by atoms with Crippen molar-refractivity contribution in [1.29, 1.82) is 0 Å². The van der Waals surface area contributed by atoms with E-state index in [2.05, 4.69) is 57.2 Å². The lowest BCUT2D eigenvalue weighted by atomic mass is 10.1. The lowest BCUT2D eigenvalue weighted by Gasteiger charge is -2.18. The van der Waals surface area contributed by atoms with Crippen LogP contribution in [0.1, 0.15) is 37.4 Å². The summed E-state index contributed by atoms with van der Waals surface area (Å²) in [7, 11) is 0. The Morgan fingerprint density at radius 2 is 2.15 bits per heavy atom. The maximum absolute atomic E-state index is 6.16. The van der Waals surface area contributed by atoms with E-state index in [1.165, 1.54) is 11.9 Å². The van der Waals surface area contributed by atoms with Gasteiger partial charge in [0.25, 0.3) is 0 Å². The fraction of sp³-hybridized carbons (Fsp3) is 0.333. The lowest BCUT2D eigenvalue weighted by molar-refractivity contribution is 0.846. The molecule has 0 amide bonds. The van der Waals surface area contributed by atoms with Gasteiger partial charge < -0.3 is 5.32 Å². The van der Waals surface area contributed by atoms with Crippen LogP contribution < -0.4 is 5.32 Å². The van der Waals surface area contributed by atoms with Crippen LogP contribution in [0.15, 0.2) is 35.1 Å². The minimum Gasteiger partial charge on any atom is -0.363 e. The van der Waals surface area contributed by atoms with E-state index >= 15 is 0 Å². The Balaban J connectivity index is 2.23. The molecule has 1 atom stereocenters. The van der Waals surface area contributed by atoms with E-state index in [0.717, 1.165) is 28.7 Å². The molecule has 0 aliphatic carbocycles. The highest BCUT2D eigenvalue weighted by Gasteiger charge is 2.12. The predicted molar refractivity (Wildman–Crippen MR) is 87.2 cm³/mol. The molecule has 0 radical (unpaired) electrons. The normalized spacial score (nSPS) is 12.2. The number of hydrogen-bond acceptors (Lipinski definition) is 3. The number of nitrogens with one attached hydrogen (secondary N) is 1. The summed E-state index contributed by atoms with van der Waals surface area (Å²) in [5.74, 6) is 0.819. The highest BCUT2D eigenvalue weighted by Crippen LogP contribution is 2.26. The van der Waals surface area contributed by atoms with Crippen molar-refractivity contribution in [3.63, 3.8) is 0 Å². The highest BCUT2D eigenvalue weighted by atomic mass is 79.9. The summed E-state index contributed by atoms with van der Waals surface area (Å²) in [4.78, 5) is 8.39. The van der Waals surface area contributed by atoms with Gasteiger partial charge in [-0.15, -0.1) is 0 Å². The molecule has 1 unspecified atom stereocenters. The van der Waals surface area contributed by atoms with Crippen LogP contribution in [0.5, 0.6) is 0 Å². The highest BCUT2D eigenvalue weighted by molar-refractivity contribution is 9.10. The predicted octanol–water partition coefficient (Wildman–Crippen LogP) is 5.02. The number of nitrogens with zero attached hydrogens (tertiary/aromatic N) is 2. The minimum atomic E-state index is 0.147. The SMILES string of the molecule is CCCc1c(Cl)ncnc1NC(C)c1cccc(Br)c1. The van der Waals surface area contributed by atoms with E-state index in [0.29, 0.717) is 5.15 Å². The first-order valence-electron chi connectivity index (χ1n) is 6.63. The average molecular weight is 355 g/mol. The zero-order chi connectivity index (χ0) is 14.5. The van der Waals surface area contributed by atoms with Crippen molar-refractivity contribution in [3.8, 4) is 0 Å². The molecule has 106 valence electrons. The molecule has 0 saturated carbocycles. The van der Waals surface area contributed by atoms with Gasteiger partial charge in [0.05, 0.1) is 0 Å². The first-order chi connectivity index (χ1) is 9.61. The van der Waals surface area contributed by atoms with Gasteiger partial charge in [0, 0.05) is 16.1 Å². The molecular formula is C15H17BrClN3. The second-order valence-corrected chi connectivity index (χ2v) is 5.94. The second-order valence-electron chi connectivity index (χ2n) is 4.66. The van der Waals surface area contributed by atoms with Gasteiger partial charge in [-0.05, 0) is 31.0 Å². The summed E-state index contributed by atoms with van der Waals surface area (Å²) in [5, 5.41) is 3.96. The summed E-state index contributed by atoms with van der Waals surface area (Å²) in [5.41, 5.74) is 2.18. The molecule has 1 N–H and O–H groups in total. The van der Waals surface area contributed by atoms with Crippen molar-refractivity contribution in [3.05, 3.63) is 51.3 Å². The average Bonchev–Trinajstić information content (AvgIpc) is 2.42. The maximum Gasteiger partial charge on any atom is 0.137 e. The van der Waals surface area contributed by atoms with Gasteiger partial charge in [-0.1, -0.05) is 53.0 Å². The lowest BCUT2D eigenvalue weighted by Crippen LogP contribution is -2.11. The molecule has 20 heavy (non-hydrogen) atoms. The topological polar surface area (TPSA) is 37.8 Å². The van der Waals surface area contributed by atoms with Crippen LogP contribution in [0.4, 0.5) is 5.82 Å². The van der Waals surface area contributed by atoms with E-state index in [-0.39, 0.29) is 6.04 Å². The molecule has 1 aromatic carbocycles. The van der Waals surface area contributed by atoms with Gasteiger partial charge in [0.1, 0.15) is 17.3 Å². The molecule has 0 saturated heterocycles. The summed E-state index contributed by atoms with van der Waals surface area (Å²) >= 11 is 9.66. The number of hydrogen-bond donors (Lipinski definition) is 1. The van der Waals surface area contributed by atoms with Crippen molar-refractivity contribution < 1.29 is 0 Å². The van der Waals surface area contributed by atoms with Crippen LogP contribution in [0.2, 0.25) is 5.15 Å². The fourth-order valence-electron chi connectivity index (χ4n) is 2.05. The summed E-state index contributed by atoms with van der Waals surface area (Å²) in [6, 6.07) is 8.37. The van der Waals surface area contributed by atoms with E-state index in [1.54, 1.807) is 0 Å². The molecule has 1 heterocycles. The third kappa shape index (κ3) is 3.70. The van der Waals surface area contributed by atoms with Gasteiger partial charge >= 0.3 is 0 Å². The smallest absolute Gasteiger partial charge is 0.137 e. The minimum absolute atomic E-state index is 0.147. The molecule has 3 nitrogen and oxygen atoms in total. The van der Waals surface area contributed by atoms with Crippen molar-refractivity contribution in [2.24, 2.45) is 0 Å². The Kier molecular flexibility index (Phi) is 5.38. The van der Waals surface area contributed by atoms with Gasteiger partial charge in [0.2, 0.25) is 0 Å². The molecule has 0 aliphatic rings. The van der Waals surface area contributed by atoms with Crippen LogP contribution >= 0.6 is 27.5 Å². The number of aromatic nitrogens is 2. The van der Waals surface area contributed by atoms with Crippen LogP contribution in [0, 0.1) is 0 Å². The Morgan fingerprint density at radius 3 is 2.85 bits per heavy atom. The van der Waals surface area contributed by atoms with Crippen molar-refractivity contribution in [2.75, 3.05) is 5.32 Å². The van der Waals surface area contributed by atoms with E-state index in [4.69, 9.17) is 11.6 Å². The van der Waals surface area contributed by atoms with E-state index < -0.39 is 0 Å². The Morgan fingerprint density at radius 1 is 1.35 bits per heavy atom. The van der Waals surface area contributed by atoms with Crippen molar-refractivity contribution >= 4 is 33.3 Å². The largest absolute Gasteiger partial charge is 0.363 e. The number of rotatable bonds is 5.